The van der Waals surface area contributed by atoms with E-state index in [1.54, 1.807) is 13.8 Å². The van der Waals surface area contributed by atoms with Crippen molar-refractivity contribution in [2.75, 3.05) is 13.1 Å². The van der Waals surface area contributed by atoms with Gasteiger partial charge in [0.2, 0.25) is 0 Å². The average molecular weight is 536 g/mol. The van der Waals surface area contributed by atoms with E-state index in [0.29, 0.717) is 31.8 Å². The molecule has 3 atom stereocenters. The van der Waals surface area contributed by atoms with E-state index in [0.717, 1.165) is 60.8 Å². The second-order valence-electron chi connectivity index (χ2n) is 11.1. The fraction of sp³-hybridized carbons (Fsp3) is 0.552. The highest BCUT2D eigenvalue weighted by atomic mass is 19.4. The second kappa shape index (κ2) is 10.1. The largest absolute Gasteiger partial charge is 0.573 e. The average Bonchev–Trinajstić information content (AvgIpc) is 3.69. The quantitative estimate of drug-likeness (QED) is 0.393. The molecular formula is C29H33F4NO4. The Morgan fingerprint density at radius 2 is 1.82 bits per heavy atom. The molecule has 0 bridgehead atoms. The van der Waals surface area contributed by atoms with Crippen molar-refractivity contribution < 1.29 is 36.9 Å². The number of nitrogens with zero attached hydrogens (tertiary/aromatic N) is 1. The van der Waals surface area contributed by atoms with Crippen LogP contribution in [0.3, 0.4) is 0 Å². The predicted octanol–water partition coefficient (Wildman–Crippen LogP) is 6.86. The molecule has 2 aliphatic heterocycles. The SMILES string of the molecule is CC(C(=O)O)C(c1ccc2c(c1)OC1(CC2)CCN(C(C)c2cc(F)ccc2OC(F)(F)F)CC1)C1CC1. The van der Waals surface area contributed by atoms with Crippen molar-refractivity contribution in [2.45, 2.75) is 76.3 Å². The van der Waals surface area contributed by atoms with Crippen LogP contribution >= 0.6 is 0 Å². The zero-order valence-corrected chi connectivity index (χ0v) is 21.6. The maximum atomic E-state index is 14.0. The van der Waals surface area contributed by atoms with Gasteiger partial charge in [0.15, 0.2) is 0 Å². The lowest BCUT2D eigenvalue weighted by atomic mass is 9.80. The summed E-state index contributed by atoms with van der Waals surface area (Å²) in [5, 5.41) is 9.65. The number of carboxylic acids is 1. The van der Waals surface area contributed by atoms with Gasteiger partial charge in [-0.1, -0.05) is 19.1 Å². The molecule has 3 aliphatic rings. The molecule has 206 valence electrons. The monoisotopic (exact) mass is 535 g/mol. The van der Waals surface area contributed by atoms with Gasteiger partial charge in [0.25, 0.3) is 0 Å². The summed E-state index contributed by atoms with van der Waals surface area (Å²) in [5.41, 5.74) is 1.90. The number of benzene rings is 2. The number of aryl methyl sites for hydroxylation is 1. The molecule has 9 heteroatoms. The highest BCUT2D eigenvalue weighted by Crippen LogP contribution is 2.49. The van der Waals surface area contributed by atoms with Gasteiger partial charge in [-0.05, 0) is 92.7 Å². The van der Waals surface area contributed by atoms with Gasteiger partial charge in [-0.2, -0.15) is 0 Å². The maximum Gasteiger partial charge on any atom is 0.573 e. The van der Waals surface area contributed by atoms with Crippen LogP contribution in [0, 0.1) is 17.7 Å². The van der Waals surface area contributed by atoms with Crippen molar-refractivity contribution in [3.05, 3.63) is 58.9 Å². The van der Waals surface area contributed by atoms with E-state index >= 15 is 0 Å². The van der Waals surface area contributed by atoms with Crippen molar-refractivity contribution in [2.24, 2.45) is 11.8 Å². The molecule has 5 nitrogen and oxygen atoms in total. The van der Waals surface area contributed by atoms with Crippen LogP contribution in [-0.4, -0.2) is 41.0 Å². The van der Waals surface area contributed by atoms with E-state index in [1.807, 2.05) is 17.0 Å². The number of rotatable bonds is 7. The molecule has 0 amide bonds. The molecule has 38 heavy (non-hydrogen) atoms. The number of carboxylic acid groups (broad SMARTS) is 1. The lowest BCUT2D eigenvalue weighted by Crippen LogP contribution is -2.50. The summed E-state index contributed by atoms with van der Waals surface area (Å²) in [6.07, 6.45) is 0.273. The number of aliphatic carboxylic acids is 1. The molecule has 1 saturated carbocycles. The topological polar surface area (TPSA) is 59.0 Å². The van der Waals surface area contributed by atoms with Gasteiger partial charge < -0.3 is 14.6 Å². The zero-order chi connectivity index (χ0) is 27.2. The van der Waals surface area contributed by atoms with E-state index in [9.17, 15) is 27.5 Å². The van der Waals surface area contributed by atoms with Crippen molar-refractivity contribution in [1.29, 1.82) is 0 Å². The number of likely N-dealkylation sites (tertiary alicyclic amines) is 1. The maximum absolute atomic E-state index is 14.0. The summed E-state index contributed by atoms with van der Waals surface area (Å²) in [6.45, 7) is 4.70. The molecule has 3 unspecified atom stereocenters. The lowest BCUT2D eigenvalue weighted by molar-refractivity contribution is -0.275. The van der Waals surface area contributed by atoms with Gasteiger partial charge in [-0.15, -0.1) is 13.2 Å². The standard InChI is InChI=1S/C29H33F4NO4/c1-17(27(35)36)26(20-4-5-20)21-6-3-19-9-10-28(37-25(19)15-21)11-13-34(14-12-28)18(2)23-16-22(30)7-8-24(23)38-29(31,32)33/h3,6-8,15-18,20,26H,4-5,9-14H2,1-2H3,(H,35,36). The molecule has 5 rings (SSSR count). The number of piperidine rings is 1. The van der Waals surface area contributed by atoms with Gasteiger partial charge in [-0.25, -0.2) is 4.39 Å². The number of ether oxygens (including phenoxy) is 2. The van der Waals surface area contributed by atoms with Crippen LogP contribution in [0.4, 0.5) is 17.6 Å². The number of hydrogen-bond acceptors (Lipinski definition) is 4. The molecule has 0 radical (unpaired) electrons. The number of hydrogen-bond donors (Lipinski definition) is 1. The third-order valence-corrected chi connectivity index (χ3v) is 8.62. The van der Waals surface area contributed by atoms with Crippen LogP contribution in [0.25, 0.3) is 0 Å². The molecule has 2 aromatic carbocycles. The molecular weight excluding hydrogens is 502 g/mol. The molecule has 2 fully saturated rings. The Morgan fingerprint density at radius 1 is 1.11 bits per heavy atom. The third kappa shape index (κ3) is 5.63. The minimum absolute atomic E-state index is 0.0404. The van der Waals surface area contributed by atoms with Gasteiger partial charge in [0.05, 0.1) is 5.92 Å². The predicted molar refractivity (Wildman–Crippen MR) is 133 cm³/mol. The van der Waals surface area contributed by atoms with E-state index in [2.05, 4.69) is 10.8 Å². The van der Waals surface area contributed by atoms with Gasteiger partial charge in [0.1, 0.15) is 22.9 Å². The Kier molecular flexibility index (Phi) is 7.09. The minimum Gasteiger partial charge on any atom is -0.487 e. The molecule has 1 spiro atoms. The summed E-state index contributed by atoms with van der Waals surface area (Å²) in [7, 11) is 0. The molecule has 1 aliphatic carbocycles. The number of alkyl halides is 3. The first-order chi connectivity index (χ1) is 17.9. The summed E-state index contributed by atoms with van der Waals surface area (Å²) in [6, 6.07) is 8.77. The Labute approximate surface area is 219 Å². The summed E-state index contributed by atoms with van der Waals surface area (Å²) < 4.78 is 63.5. The Bertz CT molecular complexity index is 1190. The Morgan fingerprint density at radius 3 is 2.45 bits per heavy atom. The molecule has 1 saturated heterocycles. The summed E-state index contributed by atoms with van der Waals surface area (Å²) in [4.78, 5) is 13.8. The summed E-state index contributed by atoms with van der Waals surface area (Å²) >= 11 is 0. The molecule has 2 heterocycles. The van der Waals surface area contributed by atoms with Crippen LogP contribution in [0.5, 0.6) is 11.5 Å². The summed E-state index contributed by atoms with van der Waals surface area (Å²) in [5.74, 6) is -1.11. The normalized spacial score (nSPS) is 21.7. The van der Waals surface area contributed by atoms with E-state index < -0.39 is 30.1 Å². The van der Waals surface area contributed by atoms with Gasteiger partial charge in [0, 0.05) is 24.7 Å². The van der Waals surface area contributed by atoms with Gasteiger partial charge in [-0.3, -0.25) is 9.69 Å². The van der Waals surface area contributed by atoms with E-state index in [1.165, 1.54) is 0 Å². The second-order valence-corrected chi connectivity index (χ2v) is 11.1. The van der Waals surface area contributed by atoms with E-state index in [-0.39, 0.29) is 22.8 Å². The van der Waals surface area contributed by atoms with Crippen molar-refractivity contribution in [3.8, 4) is 11.5 Å². The smallest absolute Gasteiger partial charge is 0.487 e. The zero-order valence-electron chi connectivity index (χ0n) is 21.6. The minimum atomic E-state index is -4.86. The first-order valence-corrected chi connectivity index (χ1v) is 13.3. The van der Waals surface area contributed by atoms with Crippen molar-refractivity contribution >= 4 is 5.97 Å². The number of fused-ring (bicyclic) bond motifs is 1. The highest BCUT2D eigenvalue weighted by molar-refractivity contribution is 5.71. The van der Waals surface area contributed by atoms with Gasteiger partial charge >= 0.3 is 12.3 Å². The fourth-order valence-electron chi connectivity index (χ4n) is 6.24. The Balaban J connectivity index is 1.30. The third-order valence-electron chi connectivity index (χ3n) is 8.62. The lowest BCUT2D eigenvalue weighted by Gasteiger charge is -2.46. The number of halogens is 4. The fourth-order valence-corrected chi connectivity index (χ4v) is 6.24. The van der Waals surface area contributed by atoms with Crippen molar-refractivity contribution in [3.63, 3.8) is 0 Å². The van der Waals surface area contributed by atoms with Crippen LogP contribution < -0.4 is 9.47 Å². The molecule has 1 N–H and O–H groups in total. The van der Waals surface area contributed by atoms with Crippen LogP contribution in [0.2, 0.25) is 0 Å². The van der Waals surface area contributed by atoms with Crippen molar-refractivity contribution in [1.82, 2.24) is 4.90 Å². The number of carbonyl (C=O) groups is 1. The van der Waals surface area contributed by atoms with E-state index in [4.69, 9.17) is 4.74 Å². The molecule has 2 aromatic rings. The molecule has 0 aromatic heterocycles. The first-order valence-electron chi connectivity index (χ1n) is 13.3. The highest BCUT2D eigenvalue weighted by Gasteiger charge is 2.43. The van der Waals surface area contributed by atoms with Crippen LogP contribution in [-0.2, 0) is 11.2 Å². The first kappa shape index (κ1) is 26.8. The van der Waals surface area contributed by atoms with Crippen LogP contribution in [0.15, 0.2) is 36.4 Å². The Hall–Kier alpha value is -2.81. The van der Waals surface area contributed by atoms with Crippen LogP contribution in [0.1, 0.15) is 74.6 Å².